The van der Waals surface area contributed by atoms with Crippen LogP contribution in [0.4, 0.5) is 0 Å². The molecule has 0 saturated carbocycles. The van der Waals surface area contributed by atoms with Gasteiger partial charge < -0.3 is 12.4 Å². The third-order valence-corrected chi connectivity index (χ3v) is 6.89. The fraction of sp³-hybridized carbons (Fsp3) is 0. The number of nitrogens with zero attached hydrogens (tertiary/aromatic N) is 4. The smallest absolute Gasteiger partial charge is 0.484 e. The molecule has 0 saturated heterocycles. The first-order valence-electron chi connectivity index (χ1n) is 12.9. The molecule has 0 atom stereocenters. The monoisotopic (exact) mass is 787 g/mol. The lowest BCUT2D eigenvalue weighted by molar-refractivity contribution is -0.0000103. The highest BCUT2D eigenvalue weighted by Gasteiger charge is 2.64. The number of terminal acetylenes is 8. The van der Waals surface area contributed by atoms with E-state index in [9.17, 15) is 0 Å². The van der Waals surface area contributed by atoms with Crippen LogP contribution in [-0.4, -0.2) is 18.7 Å². The molecule has 0 aromatic carbocycles. The van der Waals surface area contributed by atoms with Gasteiger partial charge in [-0.05, 0) is 94.7 Å². The van der Waals surface area contributed by atoms with E-state index in [2.05, 4.69) is 238 Å². The van der Waals surface area contributed by atoms with Crippen molar-refractivity contribution in [3.8, 4) is 289 Å². The summed E-state index contributed by atoms with van der Waals surface area (Å²) in [5.74, 6) is 76.4. The lowest BCUT2D eigenvalue weighted by Crippen LogP contribution is -3.00. The zero-order chi connectivity index (χ0) is 39.1. The number of hydrogen-bond donors (Lipinski definition) is 0. The molecule has 54 heavy (non-hydrogen) atoms. The van der Waals surface area contributed by atoms with Gasteiger partial charge in [0.25, 0.3) is 0 Å². The fourth-order valence-corrected chi connectivity index (χ4v) is 4.92. The molecule has 0 unspecified atom stereocenters. The summed E-state index contributed by atoms with van der Waals surface area (Å²) in [6.07, 6.45) is 42.5. The van der Waals surface area contributed by atoms with Crippen LogP contribution < -0.4 is 12.4 Å². The summed E-state index contributed by atoms with van der Waals surface area (Å²) >= 11 is 0. The van der Waals surface area contributed by atoms with Gasteiger partial charge in [0.15, 0.2) is 0 Å². The zero-order valence-electron chi connectivity index (χ0n) is 27.2. The molecule has 0 fully saturated rings. The van der Waals surface area contributed by atoms with Crippen molar-refractivity contribution in [1.29, 1.82) is 0 Å². The van der Waals surface area contributed by atoms with Crippen molar-refractivity contribution in [2.75, 3.05) is 0 Å². The average Bonchev–Trinajstić information content (AvgIpc) is 3.17. The normalized spacial score (nSPS) is 5.33. The van der Waals surface area contributed by atoms with Crippen LogP contribution in [0.5, 0.6) is 0 Å². The van der Waals surface area contributed by atoms with E-state index in [4.69, 9.17) is 51.4 Å². The summed E-state index contributed by atoms with van der Waals surface area (Å²) in [5, 5.41) is 0. The van der Waals surface area contributed by atoms with Crippen molar-refractivity contribution in [3.05, 3.63) is 0 Å². The molecule has 0 amide bonds. The second-order valence-corrected chi connectivity index (χ2v) is 9.51. The summed E-state index contributed by atoms with van der Waals surface area (Å²) in [7, 11) is -4.34. The topological polar surface area (TPSA) is 13.0 Å². The quantitative estimate of drug-likeness (QED) is 0.167. The van der Waals surface area contributed by atoms with Gasteiger partial charge in [-0.2, -0.15) is 0 Å². The van der Waals surface area contributed by atoms with Crippen molar-refractivity contribution in [1.82, 2.24) is 18.7 Å². The molecule has 0 N–H and O–H groups in total. The van der Waals surface area contributed by atoms with E-state index in [0.717, 1.165) is 18.7 Å². The SMILES string of the molecule is C#CC#CC#CN(C#CC#CC#C)[P+](N(C#CC#CC#C)C#CC#CC#C)(N(C#CC#CC#C)C#CC#CC#C)N(C#CC#CC#C)C#CC#CC#C.[Cl-].[HH].[HH].[HH].[HH].[HH].[HH].[HH].[HH].[HH].[HH].[HH].[HH].[HH].[HH].[HH].[HH].[HH].[HH].[HH].[HH].[HH].[HH].[HH].[HH].[HH].[HH].[HH].[HH].[HH].[HH].[HH].[HH].[HH].[HH].[HH].[HH].[HH].[HH].[HH].[HH]. The Kier molecular flexibility index (Phi) is 27.2. The van der Waals surface area contributed by atoms with Gasteiger partial charge in [0.1, 0.15) is 0 Å². The minimum Gasteiger partial charge on any atom is -1.00 e. The molecule has 0 bridgehead atoms. The third kappa shape index (κ3) is 17.9. The van der Waals surface area contributed by atoms with Gasteiger partial charge in [0.2, 0.25) is 0 Å². The van der Waals surface area contributed by atoms with Gasteiger partial charge >= 0.3 is 7.87 Å². The van der Waals surface area contributed by atoms with Crippen LogP contribution in [0.25, 0.3) is 0 Å². The molecule has 6 heteroatoms. The van der Waals surface area contributed by atoms with Crippen molar-refractivity contribution in [3.63, 3.8) is 0 Å². The Morgan fingerprint density at radius 1 is 0.222 bits per heavy atom. The Hall–Kier alpha value is -10.6. The largest absolute Gasteiger partial charge is 1.00 e. The second kappa shape index (κ2) is 32.3. The minimum absolute atomic E-state index is 0. The highest BCUT2D eigenvalue weighted by atomic mass is 35.5. The lowest BCUT2D eigenvalue weighted by atomic mass is 10.6. The van der Waals surface area contributed by atoms with Crippen LogP contribution in [0, 0.1) is 289 Å². The van der Waals surface area contributed by atoms with E-state index in [1.165, 1.54) is 0 Å². The molecule has 0 aliphatic heterocycles. The second-order valence-electron chi connectivity index (χ2n) is 6.83. The summed E-state index contributed by atoms with van der Waals surface area (Å²) in [6.45, 7) is 0. The predicted molar refractivity (Wildman–Crippen MR) is 294 cm³/mol. The zero-order valence-corrected chi connectivity index (χ0v) is 28.9. The van der Waals surface area contributed by atoms with Crippen molar-refractivity contribution < 1.29 is 69.5 Å². The van der Waals surface area contributed by atoms with Crippen LogP contribution >= 0.6 is 7.87 Å². The molecule has 0 rings (SSSR count). The van der Waals surface area contributed by atoms with E-state index in [-0.39, 0.29) is 69.5 Å². The average molecular weight is 788 g/mol. The van der Waals surface area contributed by atoms with Crippen LogP contribution in [-0.2, 0) is 0 Å². The predicted octanol–water partition coefficient (Wildman–Crippen LogP) is 7.50. The summed E-state index contributed by atoms with van der Waals surface area (Å²) in [6, 6.07) is 22.0. The molecule has 0 aliphatic carbocycles. The number of rotatable bonds is 4. The van der Waals surface area contributed by atoms with Crippen molar-refractivity contribution in [2.45, 2.75) is 0 Å². The van der Waals surface area contributed by atoms with E-state index in [1.807, 2.05) is 0 Å². The minimum atomic E-state index is -4.34. The van der Waals surface area contributed by atoms with E-state index in [1.54, 1.807) is 0 Å². The standard InChI is InChI=1S/C48H8N4P.ClH.40H2/c1-9-17-25-33-41-49(42-34-26-18-10-2)53(50(43-35-27-19-11-3)44-36-28-20-12-4,51(45-37-29-21-13-5)46-38-30-22-14-6)52(47-39-31-23-15-7)48-40-32-24-16-8;;;;;;;;;;;;;;;;;;;;;;;;;;;;;;;;;;;;;;;;;/h1-8H;41*1H/q+1;;;;;;;;;;;;;;;;;;;;;;;;;;;;;;;;;;;;;;;;;/p-1. The molecule has 4 nitrogen and oxygen atoms in total. The van der Waals surface area contributed by atoms with Gasteiger partial charge in [0.05, 0.1) is 48.4 Å². The van der Waals surface area contributed by atoms with Crippen LogP contribution in [0.3, 0.4) is 0 Å². The third-order valence-electron chi connectivity index (χ3n) is 3.95. The van der Waals surface area contributed by atoms with Crippen LogP contribution in [0.15, 0.2) is 0 Å². The summed E-state index contributed by atoms with van der Waals surface area (Å²) in [4.78, 5) is 0. The van der Waals surface area contributed by atoms with Crippen molar-refractivity contribution >= 4 is 7.87 Å². The van der Waals surface area contributed by atoms with E-state index < -0.39 is 7.87 Å². The van der Waals surface area contributed by atoms with Gasteiger partial charge in [0, 0.05) is 152 Å². The first-order chi connectivity index (χ1) is 26.1. The molecule has 0 heterocycles. The summed E-state index contributed by atoms with van der Waals surface area (Å²) in [5.41, 5.74) is 0. The fourth-order valence-electron chi connectivity index (χ4n) is 2.37. The van der Waals surface area contributed by atoms with Gasteiger partial charge in [-0.25, -0.2) is 0 Å². The first kappa shape index (κ1) is 45.5. The molecule has 0 spiro atoms. The Balaban J connectivity index is -0.0000000165. The number of hydrogen-bond acceptors (Lipinski definition) is 4. The molecule has 312 valence electrons. The number of halogens is 1. The Morgan fingerprint density at radius 3 is 0.463 bits per heavy atom. The lowest BCUT2D eigenvalue weighted by Gasteiger charge is -2.35. The van der Waals surface area contributed by atoms with Gasteiger partial charge in [-0.1, -0.05) is 18.7 Å². The summed E-state index contributed by atoms with van der Waals surface area (Å²) < 4.78 is 4.31. The van der Waals surface area contributed by atoms with E-state index >= 15 is 0 Å². The molecular formula is C48H88ClN4P. The van der Waals surface area contributed by atoms with Gasteiger partial charge in [-0.15, -0.1) is 51.4 Å². The van der Waals surface area contributed by atoms with Crippen LogP contribution in [0.1, 0.15) is 57.1 Å². The highest BCUT2D eigenvalue weighted by Crippen LogP contribution is 2.68. The van der Waals surface area contributed by atoms with E-state index in [0.29, 0.717) is 0 Å². The van der Waals surface area contributed by atoms with Gasteiger partial charge in [-0.3, -0.25) is 0 Å². The Morgan fingerprint density at radius 2 is 0.352 bits per heavy atom. The molecular weight excluding hydrogens is 699 g/mol. The molecule has 0 radical (unpaired) electrons. The Labute approximate surface area is 386 Å². The van der Waals surface area contributed by atoms with Crippen LogP contribution in [0.2, 0.25) is 0 Å². The maximum absolute atomic E-state index is 5.31. The highest BCUT2D eigenvalue weighted by molar-refractivity contribution is 7.68. The van der Waals surface area contributed by atoms with Crippen molar-refractivity contribution in [2.24, 2.45) is 0 Å². The molecule has 0 aromatic heterocycles. The maximum Gasteiger partial charge on any atom is 0.484 e. The maximum atomic E-state index is 5.31. The molecule has 0 aliphatic rings. The molecule has 0 aromatic rings. The Bertz CT molecular complexity index is 2440. The first-order valence-corrected chi connectivity index (χ1v) is 14.5.